The number of rotatable bonds is 24. The summed E-state index contributed by atoms with van der Waals surface area (Å²) in [5, 5.41) is 5.77. The molecule has 4 N–H and O–H groups in total. The van der Waals surface area contributed by atoms with E-state index in [2.05, 4.69) is 10.6 Å². The van der Waals surface area contributed by atoms with Gasteiger partial charge in [-0.2, -0.15) is 0 Å². The maximum absolute atomic E-state index is 14.3. The van der Waals surface area contributed by atoms with Crippen molar-refractivity contribution in [3.05, 3.63) is 35.9 Å². The standard InChI is InChI=1S/C43H74N6O7/c1-13-29(6)39(48(10)43(54)37(27(2)3)46-42(53)38(28(4)5)47(9)23-21-44)35(55-11)26-36(51)49-22-17-20-33(49)40(56-12)30(7)34(50)25-32(41(52)45-8)24-31-18-15-14-16-19-31/h14-16,18-19,27-30,32-33,35,37-40H,13,17,20-26,44H2,1-12H3,(H,45,52)(H,46,53)/t29-,30-,32+,33-,35+,37-,38-,39-,40+/m0/s1. The molecule has 0 spiro atoms. The average molecular weight is 787 g/mol. The molecule has 4 amide bonds. The Morgan fingerprint density at radius 1 is 0.929 bits per heavy atom. The third-order valence-corrected chi connectivity index (χ3v) is 11.8. The summed E-state index contributed by atoms with van der Waals surface area (Å²) in [7, 11) is 8.30. The molecule has 0 unspecified atom stereocenters. The molecule has 0 aromatic heterocycles. The molecular weight excluding hydrogens is 713 g/mol. The molecule has 1 aliphatic rings. The Balaban J connectivity index is 2.29. The van der Waals surface area contributed by atoms with Crippen molar-refractivity contribution >= 4 is 29.4 Å². The molecule has 0 bridgehead atoms. The number of nitrogens with zero attached hydrogens (tertiary/aromatic N) is 3. The van der Waals surface area contributed by atoms with Gasteiger partial charge in [0.25, 0.3) is 0 Å². The van der Waals surface area contributed by atoms with Gasteiger partial charge in [0.15, 0.2) is 0 Å². The monoisotopic (exact) mass is 787 g/mol. The van der Waals surface area contributed by atoms with Crippen molar-refractivity contribution in [3.8, 4) is 0 Å². The molecule has 1 aliphatic heterocycles. The van der Waals surface area contributed by atoms with E-state index >= 15 is 0 Å². The smallest absolute Gasteiger partial charge is 0.245 e. The van der Waals surface area contributed by atoms with Gasteiger partial charge in [0.05, 0.1) is 36.8 Å². The van der Waals surface area contributed by atoms with E-state index in [1.165, 1.54) is 0 Å². The molecular formula is C43H74N6O7. The molecule has 13 nitrogen and oxygen atoms in total. The van der Waals surface area contributed by atoms with Gasteiger partial charge in [-0.3, -0.25) is 28.9 Å². The van der Waals surface area contributed by atoms with Gasteiger partial charge < -0.3 is 35.6 Å². The molecule has 0 radical (unpaired) electrons. The lowest BCUT2D eigenvalue weighted by molar-refractivity contribution is -0.148. The van der Waals surface area contributed by atoms with Crippen LogP contribution in [-0.2, 0) is 39.9 Å². The highest BCUT2D eigenvalue weighted by molar-refractivity contribution is 5.90. The summed E-state index contributed by atoms with van der Waals surface area (Å²) >= 11 is 0. The summed E-state index contributed by atoms with van der Waals surface area (Å²) in [5.74, 6) is -2.23. The number of ether oxygens (including phenoxy) is 2. The van der Waals surface area contributed by atoms with Crippen LogP contribution in [0, 0.1) is 29.6 Å². The lowest BCUT2D eigenvalue weighted by Gasteiger charge is -2.41. The zero-order valence-electron chi connectivity index (χ0n) is 36.4. The molecule has 9 atom stereocenters. The average Bonchev–Trinajstić information content (AvgIpc) is 3.65. The van der Waals surface area contributed by atoms with E-state index in [-0.39, 0.29) is 66.0 Å². The van der Waals surface area contributed by atoms with Crippen LogP contribution in [-0.4, -0.2) is 135 Å². The van der Waals surface area contributed by atoms with Crippen LogP contribution in [0.3, 0.4) is 0 Å². The molecule has 13 heteroatoms. The summed E-state index contributed by atoms with van der Waals surface area (Å²) in [5.41, 5.74) is 6.77. The zero-order valence-corrected chi connectivity index (χ0v) is 36.4. The Morgan fingerprint density at radius 3 is 2.09 bits per heavy atom. The molecule has 1 aromatic rings. The fourth-order valence-electron chi connectivity index (χ4n) is 8.46. The van der Waals surface area contributed by atoms with Crippen molar-refractivity contribution in [2.45, 2.75) is 123 Å². The van der Waals surface area contributed by atoms with Crippen molar-refractivity contribution in [3.63, 3.8) is 0 Å². The molecule has 56 heavy (non-hydrogen) atoms. The minimum absolute atomic E-state index is 0.00344. The highest BCUT2D eigenvalue weighted by Gasteiger charge is 2.43. The number of hydrogen-bond donors (Lipinski definition) is 3. The van der Waals surface area contributed by atoms with E-state index in [0.29, 0.717) is 32.5 Å². The lowest BCUT2D eigenvalue weighted by atomic mass is 9.85. The van der Waals surface area contributed by atoms with E-state index < -0.39 is 42.2 Å². The summed E-state index contributed by atoms with van der Waals surface area (Å²) in [4.78, 5) is 74.3. The van der Waals surface area contributed by atoms with Crippen LogP contribution in [0.5, 0.6) is 0 Å². The van der Waals surface area contributed by atoms with E-state index in [0.717, 1.165) is 18.4 Å². The maximum Gasteiger partial charge on any atom is 0.245 e. The summed E-state index contributed by atoms with van der Waals surface area (Å²) in [6.45, 7) is 15.1. The highest BCUT2D eigenvalue weighted by Crippen LogP contribution is 2.31. The Morgan fingerprint density at radius 2 is 1.57 bits per heavy atom. The second kappa shape index (κ2) is 23.7. The minimum Gasteiger partial charge on any atom is -0.379 e. The number of carbonyl (C=O) groups is 5. The number of methoxy groups -OCH3 is 2. The van der Waals surface area contributed by atoms with Gasteiger partial charge in [0.1, 0.15) is 11.8 Å². The van der Waals surface area contributed by atoms with Crippen molar-refractivity contribution < 1.29 is 33.4 Å². The van der Waals surface area contributed by atoms with Crippen LogP contribution in [0.2, 0.25) is 0 Å². The van der Waals surface area contributed by atoms with Gasteiger partial charge in [-0.1, -0.05) is 85.2 Å². The van der Waals surface area contributed by atoms with Gasteiger partial charge in [-0.25, -0.2) is 0 Å². The molecule has 318 valence electrons. The number of ketones is 1. The van der Waals surface area contributed by atoms with Crippen LogP contribution < -0.4 is 16.4 Å². The van der Waals surface area contributed by atoms with Gasteiger partial charge in [0.2, 0.25) is 23.6 Å². The second-order valence-corrected chi connectivity index (χ2v) is 16.4. The van der Waals surface area contributed by atoms with Crippen LogP contribution >= 0.6 is 0 Å². The SMILES string of the molecule is CC[C@H](C)[C@@H]([C@@H](CC(=O)N1CCC[C@H]1[C@H](OC)[C@@H](C)C(=O)C[C@@H](Cc1ccccc1)C(=O)NC)OC)N(C)C(=O)[C@@H](NC(=O)[C@H](C(C)C)N(C)CCN)C(C)C. The number of amides is 4. The molecule has 1 fully saturated rings. The van der Waals surface area contributed by atoms with E-state index in [4.69, 9.17) is 15.2 Å². The number of nitrogens with one attached hydrogen (secondary N) is 2. The van der Waals surface area contributed by atoms with Crippen molar-refractivity contribution in [2.24, 2.45) is 35.3 Å². The normalized spacial score (nSPS) is 18.9. The third-order valence-electron chi connectivity index (χ3n) is 11.8. The Labute approximate surface area is 337 Å². The van der Waals surface area contributed by atoms with Crippen molar-refractivity contribution in [2.75, 3.05) is 55.0 Å². The van der Waals surface area contributed by atoms with E-state index in [1.807, 2.05) is 90.7 Å². The quantitative estimate of drug-likeness (QED) is 0.142. The van der Waals surface area contributed by atoms with Crippen LogP contribution in [0.25, 0.3) is 0 Å². The maximum atomic E-state index is 14.3. The first-order valence-electron chi connectivity index (χ1n) is 20.6. The zero-order chi connectivity index (χ0) is 42.3. The molecule has 1 aromatic carbocycles. The molecule has 1 saturated heterocycles. The number of nitrogens with two attached hydrogens (primary N) is 1. The van der Waals surface area contributed by atoms with Crippen LogP contribution in [0.1, 0.15) is 86.1 Å². The number of Topliss-reactive ketones (excluding diaryl/α,β-unsaturated/α-hetero) is 1. The van der Waals surface area contributed by atoms with Crippen LogP contribution in [0.15, 0.2) is 30.3 Å². The second-order valence-electron chi connectivity index (χ2n) is 16.4. The van der Waals surface area contributed by atoms with Crippen molar-refractivity contribution in [1.82, 2.24) is 25.3 Å². The Kier molecular flexibility index (Phi) is 20.7. The van der Waals surface area contributed by atoms with Gasteiger partial charge >= 0.3 is 0 Å². The highest BCUT2D eigenvalue weighted by atomic mass is 16.5. The Hall–Kier alpha value is -3.39. The molecule has 2 rings (SSSR count). The van der Waals surface area contributed by atoms with Gasteiger partial charge in [-0.15, -0.1) is 0 Å². The summed E-state index contributed by atoms with van der Waals surface area (Å²) in [6, 6.07) is 7.58. The summed E-state index contributed by atoms with van der Waals surface area (Å²) < 4.78 is 12.0. The minimum atomic E-state index is -0.792. The number of benzene rings is 1. The first-order chi connectivity index (χ1) is 26.5. The topological polar surface area (TPSA) is 164 Å². The first-order valence-corrected chi connectivity index (χ1v) is 20.6. The fraction of sp³-hybridized carbons (Fsp3) is 0.744. The fourth-order valence-corrected chi connectivity index (χ4v) is 8.46. The lowest BCUT2D eigenvalue weighted by Crippen LogP contribution is -2.60. The molecule has 0 aliphatic carbocycles. The largest absolute Gasteiger partial charge is 0.379 e. The van der Waals surface area contributed by atoms with Crippen LogP contribution in [0.4, 0.5) is 0 Å². The number of hydrogen-bond acceptors (Lipinski definition) is 9. The first kappa shape index (κ1) is 48.8. The number of likely N-dealkylation sites (tertiary alicyclic amines) is 1. The van der Waals surface area contributed by atoms with Gasteiger partial charge in [0, 0.05) is 66.2 Å². The number of carbonyl (C=O) groups excluding carboxylic acids is 5. The predicted molar refractivity (Wildman–Crippen MR) is 221 cm³/mol. The van der Waals surface area contributed by atoms with E-state index in [1.54, 1.807) is 38.1 Å². The predicted octanol–water partition coefficient (Wildman–Crippen LogP) is 3.53. The van der Waals surface area contributed by atoms with E-state index in [9.17, 15) is 24.0 Å². The third kappa shape index (κ3) is 13.1. The Bertz CT molecular complexity index is 1390. The number of likely N-dealkylation sites (N-methyl/N-ethyl adjacent to an activating group) is 2. The van der Waals surface area contributed by atoms with Gasteiger partial charge in [-0.05, 0) is 49.6 Å². The van der Waals surface area contributed by atoms with Crippen molar-refractivity contribution in [1.29, 1.82) is 0 Å². The molecule has 0 saturated carbocycles. The molecule has 1 heterocycles. The summed E-state index contributed by atoms with van der Waals surface area (Å²) in [6.07, 6.45) is 1.46.